The van der Waals surface area contributed by atoms with Crippen LogP contribution >= 0.6 is 23.1 Å². The SMILES string of the molecule is COc1cccc(Sc2nnc(C)s2)c1C(C)O. The van der Waals surface area contributed by atoms with E-state index in [1.54, 1.807) is 14.0 Å². The number of benzene rings is 1. The lowest BCUT2D eigenvalue weighted by atomic mass is 10.1. The molecule has 0 fully saturated rings. The summed E-state index contributed by atoms with van der Waals surface area (Å²) in [5, 5.41) is 18.9. The van der Waals surface area contributed by atoms with Crippen molar-refractivity contribution in [3.63, 3.8) is 0 Å². The zero-order chi connectivity index (χ0) is 13.1. The fourth-order valence-electron chi connectivity index (χ4n) is 1.62. The molecule has 1 N–H and O–H groups in total. The van der Waals surface area contributed by atoms with Crippen LogP contribution in [0.5, 0.6) is 5.75 Å². The topological polar surface area (TPSA) is 55.2 Å². The summed E-state index contributed by atoms with van der Waals surface area (Å²) in [6.45, 7) is 3.65. The summed E-state index contributed by atoms with van der Waals surface area (Å²) in [7, 11) is 1.60. The lowest BCUT2D eigenvalue weighted by molar-refractivity contribution is 0.191. The van der Waals surface area contributed by atoms with Gasteiger partial charge >= 0.3 is 0 Å². The fourth-order valence-corrected chi connectivity index (χ4v) is 3.63. The molecule has 0 aliphatic rings. The standard InChI is InChI=1S/C12H14N2O2S2/c1-7(15)11-9(16-3)5-4-6-10(11)18-12-14-13-8(2)17-12/h4-7,15H,1-3H3. The van der Waals surface area contributed by atoms with Gasteiger partial charge in [0, 0.05) is 10.5 Å². The van der Waals surface area contributed by atoms with Gasteiger partial charge in [-0.15, -0.1) is 10.2 Å². The Kier molecular flexibility index (Phi) is 4.21. The first-order valence-corrected chi connectivity index (χ1v) is 7.08. The minimum absolute atomic E-state index is 0.585. The van der Waals surface area contributed by atoms with Gasteiger partial charge in [-0.05, 0) is 26.0 Å². The van der Waals surface area contributed by atoms with Crippen molar-refractivity contribution in [3.05, 3.63) is 28.8 Å². The van der Waals surface area contributed by atoms with E-state index in [0.717, 1.165) is 19.8 Å². The molecule has 1 unspecified atom stereocenters. The Hall–Kier alpha value is -1.11. The number of aromatic nitrogens is 2. The predicted molar refractivity (Wildman–Crippen MR) is 72.4 cm³/mol. The molecule has 4 nitrogen and oxygen atoms in total. The maximum Gasteiger partial charge on any atom is 0.179 e. The van der Waals surface area contributed by atoms with Crippen LogP contribution in [-0.2, 0) is 0 Å². The molecule has 0 aliphatic heterocycles. The van der Waals surface area contributed by atoms with E-state index in [1.807, 2.05) is 25.1 Å². The smallest absolute Gasteiger partial charge is 0.179 e. The highest BCUT2D eigenvalue weighted by molar-refractivity contribution is 8.01. The van der Waals surface area contributed by atoms with Gasteiger partial charge in [0.15, 0.2) is 4.34 Å². The Labute approximate surface area is 114 Å². The van der Waals surface area contributed by atoms with Gasteiger partial charge < -0.3 is 9.84 Å². The normalized spacial score (nSPS) is 12.4. The summed E-state index contributed by atoms with van der Waals surface area (Å²) < 4.78 is 6.15. The minimum atomic E-state index is -0.585. The lowest BCUT2D eigenvalue weighted by Gasteiger charge is -2.14. The molecular formula is C12H14N2O2S2. The average Bonchev–Trinajstić information content (AvgIpc) is 2.74. The van der Waals surface area contributed by atoms with E-state index in [1.165, 1.54) is 23.1 Å². The molecule has 0 saturated carbocycles. The molecule has 0 aliphatic carbocycles. The van der Waals surface area contributed by atoms with Crippen LogP contribution in [0.25, 0.3) is 0 Å². The van der Waals surface area contributed by atoms with Crippen molar-refractivity contribution in [2.45, 2.75) is 29.2 Å². The van der Waals surface area contributed by atoms with Crippen molar-refractivity contribution in [3.8, 4) is 5.75 Å². The number of aliphatic hydroxyl groups excluding tert-OH is 1. The highest BCUT2D eigenvalue weighted by atomic mass is 32.2. The van der Waals surface area contributed by atoms with E-state index >= 15 is 0 Å². The van der Waals surface area contributed by atoms with Crippen molar-refractivity contribution in [2.75, 3.05) is 7.11 Å². The van der Waals surface area contributed by atoms with Crippen molar-refractivity contribution in [1.82, 2.24) is 10.2 Å². The highest BCUT2D eigenvalue weighted by Gasteiger charge is 2.16. The first-order chi connectivity index (χ1) is 8.61. The quantitative estimate of drug-likeness (QED) is 0.934. The number of hydrogen-bond donors (Lipinski definition) is 1. The predicted octanol–water partition coefficient (Wildman–Crippen LogP) is 3.06. The van der Waals surface area contributed by atoms with E-state index in [-0.39, 0.29) is 0 Å². The van der Waals surface area contributed by atoms with Crippen LogP contribution < -0.4 is 4.74 Å². The van der Waals surface area contributed by atoms with Crippen LogP contribution in [0, 0.1) is 6.92 Å². The highest BCUT2D eigenvalue weighted by Crippen LogP contribution is 2.39. The number of hydrogen-bond acceptors (Lipinski definition) is 6. The summed E-state index contributed by atoms with van der Waals surface area (Å²) in [4.78, 5) is 0.945. The van der Waals surface area contributed by atoms with Gasteiger partial charge in [0.2, 0.25) is 0 Å². The molecule has 0 radical (unpaired) electrons. The van der Waals surface area contributed by atoms with E-state index in [9.17, 15) is 5.11 Å². The van der Waals surface area contributed by atoms with Crippen molar-refractivity contribution < 1.29 is 9.84 Å². The van der Waals surface area contributed by atoms with Crippen LogP contribution in [0.2, 0.25) is 0 Å². The van der Waals surface area contributed by atoms with Crippen molar-refractivity contribution in [2.24, 2.45) is 0 Å². The van der Waals surface area contributed by atoms with Gasteiger partial charge in [0.25, 0.3) is 0 Å². The van der Waals surface area contributed by atoms with Gasteiger partial charge in [0.1, 0.15) is 10.8 Å². The van der Waals surface area contributed by atoms with Gasteiger partial charge in [-0.2, -0.15) is 0 Å². The van der Waals surface area contributed by atoms with Crippen LogP contribution in [0.3, 0.4) is 0 Å². The summed E-state index contributed by atoms with van der Waals surface area (Å²) in [5.41, 5.74) is 0.790. The maximum absolute atomic E-state index is 9.87. The molecule has 6 heteroatoms. The second kappa shape index (κ2) is 5.69. The Morgan fingerprint density at radius 2 is 2.17 bits per heavy atom. The van der Waals surface area contributed by atoms with Crippen LogP contribution in [0.4, 0.5) is 0 Å². The minimum Gasteiger partial charge on any atom is -0.496 e. The summed E-state index contributed by atoms with van der Waals surface area (Å²) >= 11 is 3.03. The first-order valence-electron chi connectivity index (χ1n) is 5.44. The summed E-state index contributed by atoms with van der Waals surface area (Å²) in [5.74, 6) is 0.691. The van der Waals surface area contributed by atoms with E-state index in [0.29, 0.717) is 5.75 Å². The number of rotatable bonds is 4. The third kappa shape index (κ3) is 2.82. The number of aryl methyl sites for hydroxylation is 1. The molecule has 2 aromatic rings. The molecule has 1 atom stereocenters. The van der Waals surface area contributed by atoms with Gasteiger partial charge in [-0.1, -0.05) is 29.2 Å². The second-order valence-electron chi connectivity index (χ2n) is 3.74. The molecule has 1 aromatic carbocycles. The molecule has 96 valence electrons. The van der Waals surface area contributed by atoms with Gasteiger partial charge in [-0.3, -0.25) is 0 Å². The third-order valence-corrected chi connectivity index (χ3v) is 4.33. The molecule has 0 spiro atoms. The number of nitrogens with zero attached hydrogens (tertiary/aromatic N) is 2. The molecule has 2 rings (SSSR count). The monoisotopic (exact) mass is 282 g/mol. The van der Waals surface area contributed by atoms with Gasteiger partial charge in [-0.25, -0.2) is 0 Å². The molecular weight excluding hydrogens is 268 g/mol. The number of aliphatic hydroxyl groups is 1. The summed E-state index contributed by atoms with van der Waals surface area (Å²) in [6, 6.07) is 5.70. The molecule has 0 bridgehead atoms. The molecule has 1 heterocycles. The third-order valence-electron chi connectivity index (χ3n) is 2.37. The lowest BCUT2D eigenvalue weighted by Crippen LogP contribution is -1.98. The zero-order valence-electron chi connectivity index (χ0n) is 10.4. The molecule has 1 aromatic heterocycles. The van der Waals surface area contributed by atoms with Crippen molar-refractivity contribution >= 4 is 23.1 Å². The van der Waals surface area contributed by atoms with Crippen LogP contribution in [-0.4, -0.2) is 22.4 Å². The zero-order valence-corrected chi connectivity index (χ0v) is 12.0. The number of methoxy groups -OCH3 is 1. The largest absolute Gasteiger partial charge is 0.496 e. The molecule has 0 saturated heterocycles. The average molecular weight is 282 g/mol. The van der Waals surface area contributed by atoms with Crippen LogP contribution in [0.1, 0.15) is 23.6 Å². The Morgan fingerprint density at radius 3 is 2.72 bits per heavy atom. The van der Waals surface area contributed by atoms with Crippen molar-refractivity contribution in [1.29, 1.82) is 0 Å². The number of ether oxygens (including phenoxy) is 1. The Morgan fingerprint density at radius 1 is 1.39 bits per heavy atom. The second-order valence-corrected chi connectivity index (χ2v) is 6.21. The maximum atomic E-state index is 9.87. The van der Waals surface area contributed by atoms with E-state index in [4.69, 9.17) is 4.74 Å². The van der Waals surface area contributed by atoms with Crippen LogP contribution in [0.15, 0.2) is 27.4 Å². The molecule has 18 heavy (non-hydrogen) atoms. The molecule has 0 amide bonds. The van der Waals surface area contributed by atoms with E-state index < -0.39 is 6.10 Å². The first kappa shape index (κ1) is 13.3. The fraction of sp³-hybridized carbons (Fsp3) is 0.333. The Balaban J connectivity index is 2.37. The Bertz CT molecular complexity index is 541. The van der Waals surface area contributed by atoms with E-state index in [2.05, 4.69) is 10.2 Å². The van der Waals surface area contributed by atoms with Gasteiger partial charge in [0.05, 0.1) is 13.2 Å². The summed E-state index contributed by atoms with van der Waals surface area (Å²) in [6.07, 6.45) is -0.585.